The highest BCUT2D eigenvalue weighted by Gasteiger charge is 2.13. The average molecular weight is 275 g/mol. The Bertz CT molecular complexity index is 400. The SMILES string of the molecule is C=CCCC(O)CN(Cc1cccc(C)c1)CC(C)C. The first-order chi connectivity index (χ1) is 9.51. The molecule has 112 valence electrons. The van der Waals surface area contributed by atoms with Gasteiger partial charge in [0.1, 0.15) is 0 Å². The average Bonchev–Trinajstić information content (AvgIpc) is 2.35. The first kappa shape index (κ1) is 16.9. The van der Waals surface area contributed by atoms with E-state index in [-0.39, 0.29) is 6.10 Å². The monoisotopic (exact) mass is 275 g/mol. The van der Waals surface area contributed by atoms with Crippen LogP contribution in [0.4, 0.5) is 0 Å². The molecule has 1 aromatic carbocycles. The minimum atomic E-state index is -0.267. The molecule has 1 N–H and O–H groups in total. The second-order valence-corrected chi connectivity index (χ2v) is 6.10. The smallest absolute Gasteiger partial charge is 0.0670 e. The number of allylic oxidation sites excluding steroid dienone is 1. The van der Waals surface area contributed by atoms with Gasteiger partial charge in [0.2, 0.25) is 0 Å². The van der Waals surface area contributed by atoms with E-state index in [9.17, 15) is 5.11 Å². The van der Waals surface area contributed by atoms with Gasteiger partial charge in [-0.25, -0.2) is 0 Å². The maximum absolute atomic E-state index is 10.1. The number of hydrogen-bond acceptors (Lipinski definition) is 2. The van der Waals surface area contributed by atoms with Crippen molar-refractivity contribution in [1.82, 2.24) is 4.90 Å². The van der Waals surface area contributed by atoms with Crippen LogP contribution < -0.4 is 0 Å². The fraction of sp³-hybridized carbons (Fsp3) is 0.556. The summed E-state index contributed by atoms with van der Waals surface area (Å²) < 4.78 is 0. The van der Waals surface area contributed by atoms with E-state index < -0.39 is 0 Å². The van der Waals surface area contributed by atoms with Crippen LogP contribution in [0.2, 0.25) is 0 Å². The molecule has 2 nitrogen and oxygen atoms in total. The highest BCUT2D eigenvalue weighted by atomic mass is 16.3. The topological polar surface area (TPSA) is 23.5 Å². The maximum Gasteiger partial charge on any atom is 0.0670 e. The zero-order valence-corrected chi connectivity index (χ0v) is 13.2. The summed E-state index contributed by atoms with van der Waals surface area (Å²) in [6, 6.07) is 8.61. The van der Waals surface area contributed by atoms with Crippen molar-refractivity contribution >= 4 is 0 Å². The summed E-state index contributed by atoms with van der Waals surface area (Å²) in [5, 5.41) is 10.1. The molecule has 0 aliphatic rings. The third kappa shape index (κ3) is 6.88. The van der Waals surface area contributed by atoms with Crippen LogP contribution in [0.3, 0.4) is 0 Å². The standard InChI is InChI=1S/C18H29NO/c1-5-6-10-18(20)14-19(12-15(2)3)13-17-9-7-8-16(4)11-17/h5,7-9,11,15,18,20H,1,6,10,12-14H2,2-4H3. The second-order valence-electron chi connectivity index (χ2n) is 6.10. The fourth-order valence-electron chi connectivity index (χ4n) is 2.49. The van der Waals surface area contributed by atoms with Crippen molar-refractivity contribution < 1.29 is 5.11 Å². The number of aliphatic hydroxyl groups excluding tert-OH is 1. The van der Waals surface area contributed by atoms with Crippen LogP contribution >= 0.6 is 0 Å². The van der Waals surface area contributed by atoms with Crippen molar-refractivity contribution in [2.24, 2.45) is 5.92 Å². The molecule has 0 radical (unpaired) electrons. The van der Waals surface area contributed by atoms with E-state index in [1.54, 1.807) is 0 Å². The minimum Gasteiger partial charge on any atom is -0.392 e. The van der Waals surface area contributed by atoms with Gasteiger partial charge in [-0.1, -0.05) is 49.8 Å². The van der Waals surface area contributed by atoms with Gasteiger partial charge in [-0.2, -0.15) is 0 Å². The number of hydrogen-bond donors (Lipinski definition) is 1. The Balaban J connectivity index is 2.61. The lowest BCUT2D eigenvalue weighted by Crippen LogP contribution is -2.34. The highest BCUT2D eigenvalue weighted by Crippen LogP contribution is 2.11. The Kier molecular flexibility index (Phi) is 7.56. The third-order valence-electron chi connectivity index (χ3n) is 3.28. The van der Waals surface area contributed by atoms with Crippen LogP contribution in [0.15, 0.2) is 36.9 Å². The highest BCUT2D eigenvalue weighted by molar-refractivity contribution is 5.22. The number of rotatable bonds is 9. The molecule has 0 fully saturated rings. The van der Waals surface area contributed by atoms with Gasteiger partial charge in [0.15, 0.2) is 0 Å². The number of aryl methyl sites for hydroxylation is 1. The van der Waals surface area contributed by atoms with E-state index in [1.165, 1.54) is 11.1 Å². The Hall–Kier alpha value is -1.12. The molecule has 1 unspecified atom stereocenters. The molecule has 0 heterocycles. The van der Waals surface area contributed by atoms with E-state index in [0.717, 1.165) is 32.5 Å². The molecular formula is C18H29NO. The minimum absolute atomic E-state index is 0.267. The summed E-state index contributed by atoms with van der Waals surface area (Å²) in [7, 11) is 0. The van der Waals surface area contributed by atoms with Gasteiger partial charge in [0, 0.05) is 19.6 Å². The zero-order valence-electron chi connectivity index (χ0n) is 13.2. The molecule has 0 saturated heterocycles. The molecule has 0 bridgehead atoms. The molecule has 0 aliphatic heterocycles. The molecule has 1 rings (SSSR count). The maximum atomic E-state index is 10.1. The van der Waals surface area contributed by atoms with Crippen LogP contribution in [0, 0.1) is 12.8 Å². The molecule has 1 aromatic rings. The van der Waals surface area contributed by atoms with Crippen molar-refractivity contribution in [2.75, 3.05) is 13.1 Å². The molecule has 0 spiro atoms. The third-order valence-corrected chi connectivity index (χ3v) is 3.28. The van der Waals surface area contributed by atoms with E-state index >= 15 is 0 Å². The first-order valence-electron chi connectivity index (χ1n) is 7.58. The number of aliphatic hydroxyl groups is 1. The largest absolute Gasteiger partial charge is 0.392 e. The van der Waals surface area contributed by atoms with E-state index in [1.807, 2.05) is 6.08 Å². The lowest BCUT2D eigenvalue weighted by Gasteiger charge is -2.27. The van der Waals surface area contributed by atoms with Crippen LogP contribution in [-0.4, -0.2) is 29.2 Å². The molecule has 0 aliphatic carbocycles. The number of nitrogens with zero attached hydrogens (tertiary/aromatic N) is 1. The number of benzene rings is 1. The van der Waals surface area contributed by atoms with Crippen molar-refractivity contribution in [3.63, 3.8) is 0 Å². The van der Waals surface area contributed by atoms with E-state index in [2.05, 4.69) is 56.5 Å². The second kappa shape index (κ2) is 8.93. The van der Waals surface area contributed by atoms with E-state index in [0.29, 0.717) is 5.92 Å². The van der Waals surface area contributed by atoms with Gasteiger partial charge in [-0.05, 0) is 31.2 Å². The predicted molar refractivity (Wildman–Crippen MR) is 86.7 cm³/mol. The summed E-state index contributed by atoms with van der Waals surface area (Å²) in [5.41, 5.74) is 2.61. The zero-order chi connectivity index (χ0) is 15.0. The van der Waals surface area contributed by atoms with Crippen LogP contribution in [0.5, 0.6) is 0 Å². The Morgan fingerprint density at radius 1 is 1.30 bits per heavy atom. The van der Waals surface area contributed by atoms with Crippen LogP contribution in [-0.2, 0) is 6.54 Å². The van der Waals surface area contributed by atoms with Gasteiger partial charge in [0.05, 0.1) is 6.10 Å². The van der Waals surface area contributed by atoms with Gasteiger partial charge < -0.3 is 5.11 Å². The molecule has 1 atom stereocenters. The lowest BCUT2D eigenvalue weighted by atomic mass is 10.1. The van der Waals surface area contributed by atoms with E-state index in [4.69, 9.17) is 0 Å². The van der Waals surface area contributed by atoms with Gasteiger partial charge in [0.25, 0.3) is 0 Å². The molecule has 0 saturated carbocycles. The summed E-state index contributed by atoms with van der Waals surface area (Å²) in [4.78, 5) is 2.35. The Labute approximate surface area is 124 Å². The predicted octanol–water partition coefficient (Wildman–Crippen LogP) is 3.78. The van der Waals surface area contributed by atoms with Crippen LogP contribution in [0.25, 0.3) is 0 Å². The summed E-state index contributed by atoms with van der Waals surface area (Å²) in [6.07, 6.45) is 3.28. The molecular weight excluding hydrogens is 246 g/mol. The van der Waals surface area contributed by atoms with Crippen molar-refractivity contribution in [3.05, 3.63) is 48.0 Å². The van der Waals surface area contributed by atoms with Crippen molar-refractivity contribution in [2.45, 2.75) is 46.3 Å². The van der Waals surface area contributed by atoms with Crippen molar-refractivity contribution in [3.8, 4) is 0 Å². The quantitative estimate of drug-likeness (QED) is 0.693. The summed E-state index contributed by atoms with van der Waals surface area (Å²) >= 11 is 0. The lowest BCUT2D eigenvalue weighted by molar-refractivity contribution is 0.0957. The first-order valence-corrected chi connectivity index (χ1v) is 7.58. The van der Waals surface area contributed by atoms with Gasteiger partial charge >= 0.3 is 0 Å². The van der Waals surface area contributed by atoms with Crippen molar-refractivity contribution in [1.29, 1.82) is 0 Å². The van der Waals surface area contributed by atoms with Gasteiger partial charge in [-0.15, -0.1) is 6.58 Å². The summed E-state index contributed by atoms with van der Waals surface area (Å²) in [5.74, 6) is 0.603. The molecule has 0 aromatic heterocycles. The summed E-state index contributed by atoms with van der Waals surface area (Å²) in [6.45, 7) is 12.9. The molecule has 0 amide bonds. The van der Waals surface area contributed by atoms with Crippen LogP contribution in [0.1, 0.15) is 37.8 Å². The van der Waals surface area contributed by atoms with Gasteiger partial charge in [-0.3, -0.25) is 4.90 Å². The fourth-order valence-corrected chi connectivity index (χ4v) is 2.49. The normalized spacial score (nSPS) is 12.9. The molecule has 20 heavy (non-hydrogen) atoms. The Morgan fingerprint density at radius 3 is 2.65 bits per heavy atom. The Morgan fingerprint density at radius 2 is 2.05 bits per heavy atom. The molecule has 2 heteroatoms.